The molecule has 2 unspecified atom stereocenters. The van der Waals surface area contributed by atoms with E-state index in [1.807, 2.05) is 6.07 Å². The Morgan fingerprint density at radius 3 is 2.50 bits per heavy atom. The van der Waals surface area contributed by atoms with E-state index in [1.54, 1.807) is 0 Å². The molecule has 1 heterocycles. The first kappa shape index (κ1) is 13.1. The zero-order valence-electron chi connectivity index (χ0n) is 11.7. The highest BCUT2D eigenvalue weighted by Gasteiger charge is 2.22. The van der Waals surface area contributed by atoms with Gasteiger partial charge in [-0.05, 0) is 31.9 Å². The van der Waals surface area contributed by atoms with Crippen LogP contribution in [0.25, 0.3) is 11.0 Å². The van der Waals surface area contributed by atoms with Crippen LogP contribution < -0.4 is 5.73 Å². The second-order valence-corrected chi connectivity index (χ2v) is 5.33. The van der Waals surface area contributed by atoms with E-state index < -0.39 is 0 Å². The van der Waals surface area contributed by atoms with Crippen LogP contribution in [0.4, 0.5) is 0 Å². The van der Waals surface area contributed by atoms with Gasteiger partial charge >= 0.3 is 0 Å². The lowest BCUT2D eigenvalue weighted by molar-refractivity contribution is 0.415. The maximum Gasteiger partial charge on any atom is 0.127 e. The summed E-state index contributed by atoms with van der Waals surface area (Å²) in [5.74, 6) is 1.46. The molecule has 3 heteroatoms. The number of nitrogens with two attached hydrogens (primary N) is 1. The van der Waals surface area contributed by atoms with Gasteiger partial charge in [-0.25, -0.2) is 4.98 Å². The third-order valence-corrected chi connectivity index (χ3v) is 3.69. The van der Waals surface area contributed by atoms with Crippen molar-refractivity contribution in [3.8, 4) is 0 Å². The number of imidazole rings is 1. The Morgan fingerprint density at radius 1 is 1.22 bits per heavy atom. The lowest BCUT2D eigenvalue weighted by atomic mass is 9.99. The Balaban J connectivity index is 2.59. The second kappa shape index (κ2) is 5.11. The molecule has 0 fully saturated rings. The van der Waals surface area contributed by atoms with Crippen LogP contribution in [-0.4, -0.2) is 9.55 Å². The first-order valence-electron chi connectivity index (χ1n) is 6.78. The van der Waals surface area contributed by atoms with Crippen LogP contribution in [0.2, 0.25) is 0 Å². The van der Waals surface area contributed by atoms with Gasteiger partial charge in [0.15, 0.2) is 0 Å². The minimum Gasteiger partial charge on any atom is -0.324 e. The molecule has 0 amide bonds. The van der Waals surface area contributed by atoms with Crippen molar-refractivity contribution in [2.24, 2.45) is 11.7 Å². The molecule has 0 radical (unpaired) electrons. The molecule has 0 spiro atoms. The smallest absolute Gasteiger partial charge is 0.127 e. The molecule has 0 saturated heterocycles. The highest BCUT2D eigenvalue weighted by atomic mass is 15.1. The van der Waals surface area contributed by atoms with E-state index in [1.165, 1.54) is 5.52 Å². The largest absolute Gasteiger partial charge is 0.324 e. The molecule has 0 saturated carbocycles. The van der Waals surface area contributed by atoms with Gasteiger partial charge in [-0.15, -0.1) is 0 Å². The predicted octanol–water partition coefficient (Wildman–Crippen LogP) is 3.66. The van der Waals surface area contributed by atoms with Gasteiger partial charge < -0.3 is 10.3 Å². The molecule has 0 aliphatic rings. The van der Waals surface area contributed by atoms with Crippen molar-refractivity contribution in [3.05, 3.63) is 30.1 Å². The molecule has 1 aromatic heterocycles. The maximum atomic E-state index is 6.37. The van der Waals surface area contributed by atoms with E-state index in [2.05, 4.69) is 50.5 Å². The number of benzene rings is 1. The van der Waals surface area contributed by atoms with Crippen LogP contribution in [0.3, 0.4) is 0 Å². The average molecular weight is 245 g/mol. The second-order valence-electron chi connectivity index (χ2n) is 5.33. The van der Waals surface area contributed by atoms with Gasteiger partial charge in [-0.1, -0.05) is 32.4 Å². The Labute approximate surface area is 109 Å². The molecular weight excluding hydrogens is 222 g/mol. The monoisotopic (exact) mass is 245 g/mol. The zero-order chi connectivity index (χ0) is 13.3. The summed E-state index contributed by atoms with van der Waals surface area (Å²) in [5.41, 5.74) is 8.59. The molecule has 0 aliphatic carbocycles. The fourth-order valence-electron chi connectivity index (χ4n) is 2.35. The van der Waals surface area contributed by atoms with Crippen LogP contribution in [0, 0.1) is 5.92 Å². The maximum absolute atomic E-state index is 6.37. The van der Waals surface area contributed by atoms with Gasteiger partial charge in [0.25, 0.3) is 0 Å². The van der Waals surface area contributed by atoms with Crippen molar-refractivity contribution >= 4 is 11.0 Å². The molecule has 3 nitrogen and oxygen atoms in total. The number of hydrogen-bond acceptors (Lipinski definition) is 2. The van der Waals surface area contributed by atoms with Crippen molar-refractivity contribution in [1.29, 1.82) is 0 Å². The minimum atomic E-state index is 0.00444. The Kier molecular flexibility index (Phi) is 3.71. The Morgan fingerprint density at radius 2 is 1.89 bits per heavy atom. The summed E-state index contributed by atoms with van der Waals surface area (Å²) >= 11 is 0. The van der Waals surface area contributed by atoms with Gasteiger partial charge in [-0.2, -0.15) is 0 Å². The highest BCUT2D eigenvalue weighted by molar-refractivity contribution is 5.76. The fraction of sp³-hybridized carbons (Fsp3) is 0.533. The summed E-state index contributed by atoms with van der Waals surface area (Å²) < 4.78 is 2.27. The molecule has 18 heavy (non-hydrogen) atoms. The molecule has 2 N–H and O–H groups in total. The van der Waals surface area contributed by atoms with E-state index >= 15 is 0 Å². The van der Waals surface area contributed by atoms with Gasteiger partial charge in [0.1, 0.15) is 5.82 Å². The van der Waals surface area contributed by atoms with Crippen molar-refractivity contribution in [1.82, 2.24) is 9.55 Å². The molecule has 0 bridgehead atoms. The topological polar surface area (TPSA) is 43.8 Å². The van der Waals surface area contributed by atoms with Crippen molar-refractivity contribution in [2.45, 2.75) is 46.2 Å². The van der Waals surface area contributed by atoms with Crippen molar-refractivity contribution in [3.63, 3.8) is 0 Å². The predicted molar refractivity (Wildman–Crippen MR) is 76.5 cm³/mol. The van der Waals surface area contributed by atoms with Crippen LogP contribution >= 0.6 is 0 Å². The molecular formula is C15H23N3. The van der Waals surface area contributed by atoms with Crippen LogP contribution in [0.15, 0.2) is 24.3 Å². The molecule has 0 aliphatic heterocycles. The van der Waals surface area contributed by atoms with Crippen molar-refractivity contribution in [2.75, 3.05) is 0 Å². The van der Waals surface area contributed by atoms with Gasteiger partial charge in [-0.3, -0.25) is 0 Å². The minimum absolute atomic E-state index is 0.00444. The summed E-state index contributed by atoms with van der Waals surface area (Å²) in [6, 6.07) is 8.64. The van der Waals surface area contributed by atoms with Gasteiger partial charge in [0, 0.05) is 6.04 Å². The standard InChI is InChI=1S/C15H23N3/c1-5-11(4)14(16)15-17-12-8-6-7-9-13(12)18(15)10(2)3/h6-11,14H,5,16H2,1-4H3. The summed E-state index contributed by atoms with van der Waals surface area (Å²) in [7, 11) is 0. The summed E-state index contributed by atoms with van der Waals surface area (Å²) in [4.78, 5) is 4.74. The number of hydrogen-bond donors (Lipinski definition) is 1. The third kappa shape index (κ3) is 2.15. The molecule has 98 valence electrons. The van der Waals surface area contributed by atoms with Crippen LogP contribution in [-0.2, 0) is 0 Å². The number of rotatable bonds is 4. The summed E-state index contributed by atoms with van der Waals surface area (Å²) in [6.45, 7) is 8.73. The first-order chi connectivity index (χ1) is 8.56. The summed E-state index contributed by atoms with van der Waals surface area (Å²) in [5, 5.41) is 0. The number of nitrogens with zero attached hydrogens (tertiary/aromatic N) is 2. The number of fused-ring (bicyclic) bond motifs is 1. The molecule has 2 atom stereocenters. The van der Waals surface area contributed by atoms with Gasteiger partial charge in [0.2, 0.25) is 0 Å². The molecule has 2 rings (SSSR count). The third-order valence-electron chi connectivity index (χ3n) is 3.69. The molecule has 2 aromatic rings. The lowest BCUT2D eigenvalue weighted by Gasteiger charge is -2.21. The lowest BCUT2D eigenvalue weighted by Crippen LogP contribution is -2.23. The average Bonchev–Trinajstić information content (AvgIpc) is 2.76. The normalized spacial score (nSPS) is 15.2. The van der Waals surface area contributed by atoms with Crippen LogP contribution in [0.1, 0.15) is 52.0 Å². The highest BCUT2D eigenvalue weighted by Crippen LogP contribution is 2.28. The fourth-order valence-corrected chi connectivity index (χ4v) is 2.35. The Bertz CT molecular complexity index is 528. The van der Waals surface area contributed by atoms with E-state index in [0.717, 1.165) is 17.8 Å². The Hall–Kier alpha value is -1.35. The zero-order valence-corrected chi connectivity index (χ0v) is 11.7. The van der Waals surface area contributed by atoms with E-state index in [9.17, 15) is 0 Å². The van der Waals surface area contributed by atoms with Crippen molar-refractivity contribution < 1.29 is 0 Å². The number of para-hydroxylation sites is 2. The molecule has 1 aromatic carbocycles. The SMILES string of the molecule is CCC(C)C(N)c1nc2ccccc2n1C(C)C. The first-order valence-corrected chi connectivity index (χ1v) is 6.78. The van der Waals surface area contributed by atoms with E-state index in [4.69, 9.17) is 10.7 Å². The summed E-state index contributed by atoms with van der Waals surface area (Å²) in [6.07, 6.45) is 1.07. The van der Waals surface area contributed by atoms with E-state index in [0.29, 0.717) is 12.0 Å². The van der Waals surface area contributed by atoms with Gasteiger partial charge in [0.05, 0.1) is 17.1 Å². The quantitative estimate of drug-likeness (QED) is 0.893. The van der Waals surface area contributed by atoms with Crippen LogP contribution in [0.5, 0.6) is 0 Å². The number of aromatic nitrogens is 2. The van der Waals surface area contributed by atoms with E-state index in [-0.39, 0.29) is 6.04 Å².